The molecule has 0 saturated carbocycles. The van der Waals surface area contributed by atoms with Gasteiger partial charge in [0.05, 0.1) is 0 Å². The van der Waals surface area contributed by atoms with E-state index in [4.69, 9.17) is 46.4 Å². The number of thioether (sulfide) groups is 1. The Morgan fingerprint density at radius 1 is 1.14 bits per heavy atom. The average Bonchev–Trinajstić information content (AvgIpc) is 2.07. The van der Waals surface area contributed by atoms with Gasteiger partial charge >= 0.3 is 0 Å². The van der Waals surface area contributed by atoms with Crippen LogP contribution in [0, 0.1) is 0 Å². The van der Waals surface area contributed by atoms with Crippen LogP contribution in [0.4, 0.5) is 0 Å². The van der Waals surface area contributed by atoms with Gasteiger partial charge in [0.1, 0.15) is 0 Å². The van der Waals surface area contributed by atoms with Crippen molar-refractivity contribution in [2.45, 2.75) is 14.1 Å². The molecule has 0 amide bonds. The summed E-state index contributed by atoms with van der Waals surface area (Å²) >= 11 is 23.2. The van der Waals surface area contributed by atoms with Gasteiger partial charge < -0.3 is 5.11 Å². The maximum absolute atomic E-state index is 9.44. The summed E-state index contributed by atoms with van der Waals surface area (Å²) in [5.41, 5.74) is -1.10. The predicted octanol–water partition coefficient (Wildman–Crippen LogP) is 4.12. The second kappa shape index (κ2) is 5.15. The maximum Gasteiger partial charge on any atom is 0.225 e. The molecule has 1 aromatic carbocycles. The molecule has 6 heteroatoms. The highest BCUT2D eigenvalue weighted by Gasteiger charge is 2.31. The molecule has 14 heavy (non-hydrogen) atoms. The second-order valence-corrected chi connectivity index (χ2v) is 6.42. The van der Waals surface area contributed by atoms with Crippen LogP contribution in [0.1, 0.15) is 0 Å². The number of benzene rings is 1. The summed E-state index contributed by atoms with van der Waals surface area (Å²) in [4.78, 5) is 0.785. The lowest BCUT2D eigenvalue weighted by Gasteiger charge is -2.17. The van der Waals surface area contributed by atoms with E-state index in [1.807, 2.05) is 0 Å². The van der Waals surface area contributed by atoms with Gasteiger partial charge in [-0.3, -0.25) is 0 Å². The Kier molecular flexibility index (Phi) is 4.69. The minimum atomic E-state index is -1.69. The van der Waals surface area contributed by atoms with E-state index in [0.29, 0.717) is 5.02 Å². The van der Waals surface area contributed by atoms with Gasteiger partial charge in [-0.05, 0) is 24.3 Å². The van der Waals surface area contributed by atoms with Crippen molar-refractivity contribution in [3.8, 4) is 0 Å². The molecule has 0 saturated heterocycles. The second-order valence-electron chi connectivity index (χ2n) is 2.47. The van der Waals surface area contributed by atoms with Crippen LogP contribution in [-0.2, 0) is 0 Å². The van der Waals surface area contributed by atoms with Crippen molar-refractivity contribution < 1.29 is 5.11 Å². The molecule has 0 heterocycles. The smallest absolute Gasteiger partial charge is 0.225 e. The Balaban J connectivity index is 2.65. The molecule has 1 aromatic rings. The van der Waals surface area contributed by atoms with Gasteiger partial charge in [0.2, 0.25) is 3.79 Å². The Bertz CT molecular complexity index is 295. The Hall–Kier alpha value is 0.690. The fourth-order valence-electron chi connectivity index (χ4n) is 0.709. The van der Waals surface area contributed by atoms with Crippen molar-refractivity contribution in [3.05, 3.63) is 29.3 Å². The molecule has 0 spiro atoms. The number of aliphatic hydroxyl groups is 1. The number of hydrogen-bond donors (Lipinski definition) is 1. The fraction of sp³-hybridized carbons (Fsp3) is 0.250. The van der Waals surface area contributed by atoms with Gasteiger partial charge in [0, 0.05) is 9.92 Å². The van der Waals surface area contributed by atoms with E-state index in [9.17, 15) is 5.11 Å². The van der Waals surface area contributed by atoms with Crippen LogP contribution in [0.3, 0.4) is 0 Å². The molecule has 0 aliphatic heterocycles. The van der Waals surface area contributed by atoms with E-state index in [2.05, 4.69) is 0 Å². The van der Waals surface area contributed by atoms with Crippen LogP contribution in [0.5, 0.6) is 0 Å². The standard InChI is InChI=1S/C8H6Cl4OS/c9-5-1-3-6(4-2-5)14-7(13)8(10,11)12/h1-4,7,13H/t7-/m0/s1. The molecule has 1 N–H and O–H groups in total. The number of halogens is 4. The first kappa shape index (κ1) is 12.8. The number of alkyl halides is 3. The van der Waals surface area contributed by atoms with Gasteiger partial charge in [-0.25, -0.2) is 0 Å². The molecule has 0 fully saturated rings. The van der Waals surface area contributed by atoms with Gasteiger partial charge in [-0.1, -0.05) is 58.2 Å². The van der Waals surface area contributed by atoms with Crippen molar-refractivity contribution in [1.29, 1.82) is 0 Å². The van der Waals surface area contributed by atoms with E-state index >= 15 is 0 Å². The summed E-state index contributed by atoms with van der Waals surface area (Å²) in [5.74, 6) is 0. The number of aliphatic hydroxyl groups excluding tert-OH is 1. The zero-order chi connectivity index (χ0) is 10.8. The third-order valence-electron chi connectivity index (χ3n) is 1.34. The first-order chi connectivity index (χ1) is 6.39. The van der Waals surface area contributed by atoms with Gasteiger partial charge in [-0.2, -0.15) is 0 Å². The minimum absolute atomic E-state index is 0.623. The first-order valence-corrected chi connectivity index (χ1v) is 5.96. The summed E-state index contributed by atoms with van der Waals surface area (Å²) in [6, 6.07) is 6.89. The van der Waals surface area contributed by atoms with Crippen molar-refractivity contribution in [3.63, 3.8) is 0 Å². The van der Waals surface area contributed by atoms with Crippen LogP contribution < -0.4 is 0 Å². The third kappa shape index (κ3) is 4.05. The highest BCUT2D eigenvalue weighted by molar-refractivity contribution is 8.00. The SMILES string of the molecule is O[C@@H](Sc1ccc(Cl)cc1)C(Cl)(Cl)Cl. The lowest BCUT2D eigenvalue weighted by Crippen LogP contribution is -2.20. The first-order valence-electron chi connectivity index (χ1n) is 3.56. The molecule has 0 unspecified atom stereocenters. The normalized spacial score (nSPS) is 14.1. The Morgan fingerprint density at radius 2 is 1.64 bits per heavy atom. The van der Waals surface area contributed by atoms with Gasteiger partial charge in [0.25, 0.3) is 0 Å². The van der Waals surface area contributed by atoms with E-state index in [0.717, 1.165) is 16.7 Å². The summed E-state index contributed by atoms with van der Waals surface area (Å²) in [6.07, 6.45) is 0. The molecule has 1 rings (SSSR count). The highest BCUT2D eigenvalue weighted by Crippen LogP contribution is 2.39. The van der Waals surface area contributed by atoms with E-state index in [1.54, 1.807) is 24.3 Å². The molecule has 0 aromatic heterocycles. The van der Waals surface area contributed by atoms with Crippen LogP contribution in [-0.4, -0.2) is 14.3 Å². The molecule has 0 radical (unpaired) electrons. The van der Waals surface area contributed by atoms with Crippen molar-refractivity contribution in [2.75, 3.05) is 0 Å². The summed E-state index contributed by atoms with van der Waals surface area (Å²) < 4.78 is -1.69. The Morgan fingerprint density at radius 3 is 2.07 bits per heavy atom. The van der Waals surface area contributed by atoms with Crippen molar-refractivity contribution in [2.24, 2.45) is 0 Å². The zero-order valence-electron chi connectivity index (χ0n) is 6.75. The Labute approximate surface area is 106 Å². The van der Waals surface area contributed by atoms with Crippen molar-refractivity contribution in [1.82, 2.24) is 0 Å². The number of hydrogen-bond acceptors (Lipinski definition) is 2. The molecule has 0 aliphatic rings. The van der Waals surface area contributed by atoms with E-state index in [1.165, 1.54) is 0 Å². The molecule has 0 bridgehead atoms. The predicted molar refractivity (Wildman–Crippen MR) is 63.6 cm³/mol. The summed E-state index contributed by atoms with van der Waals surface area (Å²) in [7, 11) is 0. The molecular formula is C8H6Cl4OS. The molecular weight excluding hydrogens is 286 g/mol. The van der Waals surface area contributed by atoms with Crippen LogP contribution in [0.25, 0.3) is 0 Å². The highest BCUT2D eigenvalue weighted by atomic mass is 35.6. The van der Waals surface area contributed by atoms with Crippen LogP contribution in [0.2, 0.25) is 5.02 Å². The monoisotopic (exact) mass is 290 g/mol. The zero-order valence-corrected chi connectivity index (χ0v) is 10.6. The van der Waals surface area contributed by atoms with Crippen LogP contribution >= 0.6 is 58.2 Å². The summed E-state index contributed by atoms with van der Waals surface area (Å²) in [6.45, 7) is 0. The average molecular weight is 292 g/mol. The lowest BCUT2D eigenvalue weighted by molar-refractivity contribution is 0.268. The minimum Gasteiger partial charge on any atom is -0.378 e. The topological polar surface area (TPSA) is 20.2 Å². The van der Waals surface area contributed by atoms with Gasteiger partial charge in [0.15, 0.2) is 5.44 Å². The molecule has 1 atom stereocenters. The number of rotatable bonds is 2. The quantitative estimate of drug-likeness (QED) is 0.502. The summed E-state index contributed by atoms with van der Waals surface area (Å²) in [5, 5.41) is 10.1. The molecule has 0 aliphatic carbocycles. The van der Waals surface area contributed by atoms with Crippen LogP contribution in [0.15, 0.2) is 29.2 Å². The van der Waals surface area contributed by atoms with E-state index in [-0.39, 0.29) is 0 Å². The third-order valence-corrected chi connectivity index (χ3v) is 3.72. The lowest BCUT2D eigenvalue weighted by atomic mass is 10.4. The molecule has 78 valence electrons. The van der Waals surface area contributed by atoms with Crippen molar-refractivity contribution >= 4 is 58.2 Å². The fourth-order valence-corrected chi connectivity index (χ4v) is 1.92. The maximum atomic E-state index is 9.44. The van der Waals surface area contributed by atoms with Gasteiger partial charge in [-0.15, -0.1) is 0 Å². The largest absolute Gasteiger partial charge is 0.378 e. The molecule has 1 nitrogen and oxygen atoms in total. The van der Waals surface area contributed by atoms with E-state index < -0.39 is 9.23 Å².